The third-order valence-electron chi connectivity index (χ3n) is 0. The fraction of sp³-hybridized carbons (Fsp3) is 0. The minimum absolute atomic E-state index is 0. The van der Waals surface area contributed by atoms with Crippen LogP contribution < -0.4 is 0 Å². The molecule has 0 saturated heterocycles. The molecular weight excluding hydrogens is 102 g/mol. The van der Waals surface area contributed by atoms with Gasteiger partial charge in [0, 0.05) is 0 Å². The number of hydrogen-bond acceptors (Lipinski definition) is 0. The second-order valence-corrected chi connectivity index (χ2v) is 0. The molecule has 0 aromatic carbocycles. The van der Waals surface area contributed by atoms with Crippen LogP contribution in [0.15, 0.2) is 0 Å². The van der Waals surface area contributed by atoms with Crippen LogP contribution in [0.1, 0.15) is 0 Å². The van der Waals surface area contributed by atoms with Crippen molar-refractivity contribution in [3.63, 3.8) is 0 Å². The molecule has 0 heterocycles. The van der Waals surface area contributed by atoms with Gasteiger partial charge in [0.15, 0.2) is 0 Å². The summed E-state index contributed by atoms with van der Waals surface area (Å²) < 4.78 is 0. The topological polar surface area (TPSA) is 28.5 Å². The molecule has 4 heavy (non-hydrogen) atoms. The van der Waals surface area contributed by atoms with Crippen molar-refractivity contribution in [2.75, 3.05) is 0 Å². The molecule has 16 valence electrons. The first kappa shape index (κ1) is 54.4. The molecule has 0 aliphatic carbocycles. The zero-order valence-corrected chi connectivity index (χ0v) is 5.10. The minimum atomic E-state index is 0. The van der Waals surface area contributed by atoms with Gasteiger partial charge in [-0.1, -0.05) is 0 Å². The first-order chi connectivity index (χ1) is 0. The summed E-state index contributed by atoms with van der Waals surface area (Å²) in [6.45, 7) is 0. The third kappa shape index (κ3) is 10.1. The fourth-order valence-electron chi connectivity index (χ4n) is 0. The van der Waals surface area contributed by atoms with E-state index < -0.39 is 0 Å². The van der Waals surface area contributed by atoms with Crippen LogP contribution in [-0.2, 0) is 19.0 Å². The summed E-state index contributed by atoms with van der Waals surface area (Å²) in [5.74, 6) is 0. The van der Waals surface area contributed by atoms with Gasteiger partial charge >= 0.3 is 34.7 Å². The van der Waals surface area contributed by atoms with Crippen molar-refractivity contribution in [1.82, 2.24) is 0 Å². The van der Waals surface area contributed by atoms with Crippen molar-refractivity contribution in [3.05, 3.63) is 0 Å². The molecule has 0 bridgehead atoms. The summed E-state index contributed by atoms with van der Waals surface area (Å²) in [6, 6.07) is 0. The molecule has 1 nitrogen and oxygen atoms in total. The van der Waals surface area contributed by atoms with Crippen molar-refractivity contribution in [2.24, 2.45) is 0 Å². The van der Waals surface area contributed by atoms with Gasteiger partial charge in [0.2, 0.25) is 0 Å². The Bertz CT molecular complexity index is 6.00. The standard InChI is InChI=1S/2Al.O.S/q2*+3;2*-2. The van der Waals surface area contributed by atoms with Crippen molar-refractivity contribution in [3.8, 4) is 0 Å². The molecule has 0 N–H and O–H groups in total. The van der Waals surface area contributed by atoms with E-state index in [-0.39, 0.29) is 53.7 Å². The molecule has 0 saturated carbocycles. The van der Waals surface area contributed by atoms with Crippen LogP contribution in [0.3, 0.4) is 0 Å². The predicted octanol–water partition coefficient (Wildman–Crippen LogP) is -0.883. The molecule has 0 aromatic heterocycles. The molecule has 0 atom stereocenters. The van der Waals surface area contributed by atoms with Crippen molar-refractivity contribution in [1.29, 1.82) is 0 Å². The quantitative estimate of drug-likeness (QED) is 0.355. The molecule has 0 aromatic rings. The van der Waals surface area contributed by atoms with E-state index in [0.29, 0.717) is 0 Å². The summed E-state index contributed by atoms with van der Waals surface area (Å²) in [5.41, 5.74) is 0. The van der Waals surface area contributed by atoms with Crippen LogP contribution in [0, 0.1) is 0 Å². The van der Waals surface area contributed by atoms with Crippen molar-refractivity contribution >= 4 is 48.2 Å². The van der Waals surface area contributed by atoms with Gasteiger partial charge in [-0.25, -0.2) is 0 Å². The van der Waals surface area contributed by atoms with E-state index in [1.807, 2.05) is 0 Å². The molecule has 0 amide bonds. The van der Waals surface area contributed by atoms with Crippen LogP contribution in [-0.4, -0.2) is 34.7 Å². The summed E-state index contributed by atoms with van der Waals surface area (Å²) in [6.07, 6.45) is 0. The first-order valence-corrected chi connectivity index (χ1v) is 0. The fourth-order valence-corrected chi connectivity index (χ4v) is 0. The Labute approximate surface area is 53.8 Å². The van der Waals surface area contributed by atoms with Gasteiger partial charge in [-0.15, -0.1) is 0 Å². The Morgan fingerprint density at radius 2 is 0.750 bits per heavy atom. The SMILES string of the molecule is [Al+3].[Al+3].[O-2].[S-2]. The molecule has 0 fully saturated rings. The maximum Gasteiger partial charge on any atom is 3.00 e. The molecular formula is Al2OS+2. The zero-order chi connectivity index (χ0) is 0. The molecule has 4 heteroatoms. The minimum Gasteiger partial charge on any atom is -2.00 e. The Kier molecular flexibility index (Phi) is 359. The van der Waals surface area contributed by atoms with Crippen LogP contribution in [0.25, 0.3) is 0 Å². The molecule has 0 spiro atoms. The first-order valence-electron chi connectivity index (χ1n) is 0. The van der Waals surface area contributed by atoms with E-state index >= 15 is 0 Å². The van der Waals surface area contributed by atoms with Crippen LogP contribution in [0.5, 0.6) is 0 Å². The Hall–Kier alpha value is 1.37. The van der Waals surface area contributed by atoms with Crippen LogP contribution in [0.2, 0.25) is 0 Å². The molecule has 0 radical (unpaired) electrons. The number of rotatable bonds is 0. The van der Waals surface area contributed by atoms with Gasteiger partial charge in [-0.05, 0) is 0 Å². The van der Waals surface area contributed by atoms with E-state index in [2.05, 4.69) is 0 Å². The smallest absolute Gasteiger partial charge is 2.00 e. The van der Waals surface area contributed by atoms with Crippen LogP contribution >= 0.6 is 0 Å². The third-order valence-corrected chi connectivity index (χ3v) is 0. The Morgan fingerprint density at radius 1 is 0.750 bits per heavy atom. The molecule has 0 aliphatic heterocycles. The van der Waals surface area contributed by atoms with Crippen LogP contribution in [0.4, 0.5) is 0 Å². The summed E-state index contributed by atoms with van der Waals surface area (Å²) in [7, 11) is 0. The predicted molar refractivity (Wildman–Crippen MR) is 19.6 cm³/mol. The summed E-state index contributed by atoms with van der Waals surface area (Å²) >= 11 is 0. The summed E-state index contributed by atoms with van der Waals surface area (Å²) in [5, 5.41) is 0. The Balaban J connectivity index is 0. The van der Waals surface area contributed by atoms with Gasteiger partial charge in [-0.3, -0.25) is 0 Å². The second kappa shape index (κ2) is 26.4. The van der Waals surface area contributed by atoms with Crippen molar-refractivity contribution in [2.45, 2.75) is 0 Å². The maximum atomic E-state index is 0. The van der Waals surface area contributed by atoms with Crippen molar-refractivity contribution < 1.29 is 5.48 Å². The summed E-state index contributed by atoms with van der Waals surface area (Å²) in [4.78, 5) is 0. The molecule has 0 unspecified atom stereocenters. The van der Waals surface area contributed by atoms with Gasteiger partial charge in [0.25, 0.3) is 0 Å². The van der Waals surface area contributed by atoms with E-state index in [0.717, 1.165) is 0 Å². The Morgan fingerprint density at radius 3 is 0.750 bits per heavy atom. The van der Waals surface area contributed by atoms with E-state index in [4.69, 9.17) is 0 Å². The van der Waals surface area contributed by atoms with Gasteiger partial charge in [-0.2, -0.15) is 0 Å². The van der Waals surface area contributed by atoms with Gasteiger partial charge in [0.1, 0.15) is 0 Å². The average molecular weight is 102 g/mol. The molecule has 0 rings (SSSR count). The van der Waals surface area contributed by atoms with Gasteiger partial charge < -0.3 is 19.0 Å². The van der Waals surface area contributed by atoms with E-state index in [9.17, 15) is 0 Å². The van der Waals surface area contributed by atoms with E-state index in [1.54, 1.807) is 0 Å². The van der Waals surface area contributed by atoms with E-state index in [1.165, 1.54) is 0 Å². The largest absolute Gasteiger partial charge is 3.00 e. The monoisotopic (exact) mass is 102 g/mol. The van der Waals surface area contributed by atoms with Gasteiger partial charge in [0.05, 0.1) is 0 Å². The average Bonchev–Trinajstić information content (AvgIpc) is 0. The maximum absolute atomic E-state index is 0. The number of hydrogen-bond donors (Lipinski definition) is 0. The zero-order valence-electron chi connectivity index (χ0n) is 1.97. The second-order valence-electron chi connectivity index (χ2n) is 0. The normalized spacial score (nSPS) is 0. The molecule has 0 aliphatic rings.